The number of hydrogen-bond acceptors (Lipinski definition) is 1. The van der Waals surface area contributed by atoms with Crippen LogP contribution in [0.2, 0.25) is 13.1 Å². The van der Waals surface area contributed by atoms with Crippen LogP contribution in [0.3, 0.4) is 0 Å². The van der Waals surface area contributed by atoms with Crippen molar-refractivity contribution in [3.05, 3.63) is 40.9 Å². The lowest BCUT2D eigenvalue weighted by atomic mass is 10.4. The summed E-state index contributed by atoms with van der Waals surface area (Å²) >= 11 is 2.07. The summed E-state index contributed by atoms with van der Waals surface area (Å²) in [6, 6.07) is 11.0. The fourth-order valence-electron chi connectivity index (χ4n) is 1.85. The Morgan fingerprint density at radius 2 is 1.86 bits per heavy atom. The maximum absolute atomic E-state index is 2.45. The first-order valence-corrected chi connectivity index (χ1v) is 9.09. The number of rotatable bonds is 2. The first-order chi connectivity index (χ1) is 6.71. The van der Waals surface area contributed by atoms with Gasteiger partial charge < -0.3 is 0 Å². The minimum absolute atomic E-state index is 1.27. The molecule has 74 valence electrons. The van der Waals surface area contributed by atoms with E-state index >= 15 is 0 Å². The van der Waals surface area contributed by atoms with Crippen molar-refractivity contribution in [3.8, 4) is 0 Å². The molecule has 0 nitrogen and oxygen atoms in total. The molecule has 0 amide bonds. The van der Waals surface area contributed by atoms with Gasteiger partial charge in [-0.3, -0.25) is 0 Å². The average Bonchev–Trinajstić information content (AvgIpc) is 2.72. The molecule has 0 fully saturated rings. The Kier molecular flexibility index (Phi) is 2.84. The van der Waals surface area contributed by atoms with Crippen LogP contribution in [-0.4, -0.2) is 13.8 Å². The highest BCUT2D eigenvalue weighted by Crippen LogP contribution is 2.32. The van der Waals surface area contributed by atoms with Gasteiger partial charge in [-0.25, -0.2) is 0 Å². The first kappa shape index (κ1) is 10.1. The van der Waals surface area contributed by atoms with Gasteiger partial charge >= 0.3 is 0 Å². The van der Waals surface area contributed by atoms with E-state index in [1.165, 1.54) is 12.2 Å². The van der Waals surface area contributed by atoms with E-state index < -0.39 is 8.07 Å². The summed E-state index contributed by atoms with van der Waals surface area (Å²) in [5.74, 6) is 1.29. The van der Waals surface area contributed by atoms with Gasteiger partial charge in [0.2, 0.25) is 0 Å². The van der Waals surface area contributed by atoms with Gasteiger partial charge in [0.15, 0.2) is 0 Å². The molecule has 1 aromatic rings. The summed E-state index contributed by atoms with van der Waals surface area (Å²) in [6.07, 6.45) is 3.72. The molecule has 0 aromatic heterocycles. The summed E-state index contributed by atoms with van der Waals surface area (Å²) in [6.45, 7) is 4.90. The van der Waals surface area contributed by atoms with Crippen LogP contribution in [0.25, 0.3) is 0 Å². The molecule has 1 aromatic carbocycles. The Bertz CT molecular complexity index is 341. The van der Waals surface area contributed by atoms with Gasteiger partial charge in [0.05, 0.1) is 0 Å². The topological polar surface area (TPSA) is 0 Å². The van der Waals surface area contributed by atoms with Gasteiger partial charge in [-0.2, -0.15) is 0 Å². The van der Waals surface area contributed by atoms with Crippen LogP contribution in [0.15, 0.2) is 40.9 Å². The van der Waals surface area contributed by atoms with Crippen molar-refractivity contribution in [3.63, 3.8) is 0 Å². The van der Waals surface area contributed by atoms with Crippen LogP contribution in [0.4, 0.5) is 0 Å². The van der Waals surface area contributed by atoms with Gasteiger partial charge in [0.25, 0.3) is 0 Å². The van der Waals surface area contributed by atoms with Crippen molar-refractivity contribution in [2.45, 2.75) is 19.5 Å². The number of thioether (sulfide) groups is 1. The smallest absolute Gasteiger partial charge is 0.119 e. The average molecular weight is 220 g/mol. The number of allylic oxidation sites excluding steroid dienone is 1. The van der Waals surface area contributed by atoms with Crippen LogP contribution < -0.4 is 5.19 Å². The van der Waals surface area contributed by atoms with Crippen LogP contribution >= 0.6 is 11.8 Å². The van der Waals surface area contributed by atoms with E-state index in [1.807, 2.05) is 0 Å². The van der Waals surface area contributed by atoms with E-state index in [-0.39, 0.29) is 0 Å². The largest absolute Gasteiger partial charge is 0.135 e. The Morgan fingerprint density at radius 3 is 2.43 bits per heavy atom. The molecule has 0 saturated carbocycles. The molecule has 0 radical (unpaired) electrons. The molecule has 0 N–H and O–H groups in total. The van der Waals surface area contributed by atoms with Crippen LogP contribution in [-0.2, 0) is 0 Å². The lowest BCUT2D eigenvalue weighted by Crippen LogP contribution is -2.42. The van der Waals surface area contributed by atoms with Gasteiger partial charge in [0.1, 0.15) is 8.07 Å². The zero-order valence-corrected chi connectivity index (χ0v) is 10.6. The maximum Gasteiger partial charge on any atom is 0.119 e. The summed E-state index contributed by atoms with van der Waals surface area (Å²) < 4.78 is 1.67. The van der Waals surface area contributed by atoms with E-state index in [2.05, 4.69) is 61.3 Å². The molecular weight excluding hydrogens is 204 g/mol. The van der Waals surface area contributed by atoms with Crippen LogP contribution in [0.5, 0.6) is 0 Å². The molecule has 1 heterocycles. The fraction of sp³-hybridized carbons (Fsp3) is 0.333. The van der Waals surface area contributed by atoms with Gasteiger partial charge in [0, 0.05) is 5.75 Å². The molecule has 0 unspecified atom stereocenters. The maximum atomic E-state index is 2.45. The number of hydrogen-bond donors (Lipinski definition) is 0. The van der Waals surface area contributed by atoms with Gasteiger partial charge in [-0.15, -0.1) is 11.8 Å². The van der Waals surface area contributed by atoms with Crippen molar-refractivity contribution < 1.29 is 0 Å². The fourth-order valence-corrected chi connectivity index (χ4v) is 6.61. The van der Waals surface area contributed by atoms with E-state index in [0.29, 0.717) is 0 Å². The normalized spacial score (nSPS) is 16.9. The predicted octanol–water partition coefficient (Wildman–Crippen LogP) is 3.16. The lowest BCUT2D eigenvalue weighted by molar-refractivity contribution is 1.27. The van der Waals surface area contributed by atoms with E-state index in [0.717, 1.165) is 0 Å². The third kappa shape index (κ3) is 1.82. The highest BCUT2D eigenvalue weighted by atomic mass is 32.2. The monoisotopic (exact) mass is 220 g/mol. The summed E-state index contributed by atoms with van der Waals surface area (Å²) in [7, 11) is -1.32. The molecule has 2 rings (SSSR count). The zero-order chi connectivity index (χ0) is 10.0. The summed E-state index contributed by atoms with van der Waals surface area (Å²) in [5.41, 5.74) is 0. The SMILES string of the molecule is C[Si](C)(C1=CCCS1)c1ccccc1. The second-order valence-corrected chi connectivity index (χ2v) is 10.1. The van der Waals surface area contributed by atoms with E-state index in [9.17, 15) is 0 Å². The second-order valence-electron chi connectivity index (χ2n) is 4.20. The highest BCUT2D eigenvalue weighted by molar-refractivity contribution is 8.05. The third-order valence-corrected chi connectivity index (χ3v) is 8.91. The molecule has 1 aliphatic rings. The van der Waals surface area contributed by atoms with Crippen molar-refractivity contribution in [1.29, 1.82) is 0 Å². The van der Waals surface area contributed by atoms with Crippen molar-refractivity contribution in [2.75, 3.05) is 5.75 Å². The number of benzene rings is 1. The van der Waals surface area contributed by atoms with Crippen molar-refractivity contribution in [2.24, 2.45) is 0 Å². The van der Waals surface area contributed by atoms with E-state index in [4.69, 9.17) is 0 Å². The third-order valence-electron chi connectivity index (χ3n) is 2.82. The molecule has 0 aliphatic carbocycles. The standard InChI is InChI=1S/C12H16SSi/c1-14(2,12-9-6-10-13-12)11-7-4-3-5-8-11/h3-5,7-9H,6,10H2,1-2H3. The molecule has 0 spiro atoms. The van der Waals surface area contributed by atoms with Crippen molar-refractivity contribution >= 4 is 25.0 Å². The molecule has 14 heavy (non-hydrogen) atoms. The quantitative estimate of drug-likeness (QED) is 0.690. The van der Waals surface area contributed by atoms with Gasteiger partial charge in [-0.05, 0) is 10.9 Å². The minimum atomic E-state index is -1.32. The minimum Gasteiger partial charge on any atom is -0.135 e. The Balaban J connectivity index is 2.32. The Hall–Kier alpha value is -0.473. The van der Waals surface area contributed by atoms with Gasteiger partial charge in [-0.1, -0.05) is 54.7 Å². The highest BCUT2D eigenvalue weighted by Gasteiger charge is 2.29. The molecule has 0 saturated heterocycles. The zero-order valence-electron chi connectivity index (χ0n) is 8.79. The van der Waals surface area contributed by atoms with Crippen LogP contribution in [0, 0.1) is 0 Å². The van der Waals surface area contributed by atoms with Crippen LogP contribution in [0.1, 0.15) is 6.42 Å². The Labute approximate surface area is 91.4 Å². The predicted molar refractivity (Wildman–Crippen MR) is 68.7 cm³/mol. The molecule has 0 bridgehead atoms. The first-order valence-electron chi connectivity index (χ1n) is 5.10. The summed E-state index contributed by atoms with van der Waals surface area (Å²) in [4.78, 5) is 0. The molecular formula is C12H16SSi. The molecule has 1 aliphatic heterocycles. The summed E-state index contributed by atoms with van der Waals surface area (Å²) in [5, 5.41) is 1.56. The van der Waals surface area contributed by atoms with E-state index in [1.54, 1.807) is 9.72 Å². The Morgan fingerprint density at radius 1 is 1.14 bits per heavy atom. The molecule has 0 atom stereocenters. The van der Waals surface area contributed by atoms with Crippen molar-refractivity contribution in [1.82, 2.24) is 0 Å². The second kappa shape index (κ2) is 3.95. The molecule has 2 heteroatoms. The lowest BCUT2D eigenvalue weighted by Gasteiger charge is -2.23.